The number of β-amino-alcohol motifs (C(OH)–C–C–N with tert-alkyl or cyclic N) is 1. The topological polar surface area (TPSA) is 75.3 Å². The lowest BCUT2D eigenvalue weighted by atomic mass is 10.3. The molecular formula is C12H11F3N4O2. The first kappa shape index (κ1) is 13.8. The van der Waals surface area contributed by atoms with Gasteiger partial charge in [0.15, 0.2) is 23.7 Å². The summed E-state index contributed by atoms with van der Waals surface area (Å²) >= 11 is 0. The minimum atomic E-state index is -4.59. The molecule has 1 saturated heterocycles. The van der Waals surface area contributed by atoms with E-state index in [1.54, 1.807) is 4.90 Å². The number of aromatic nitrogens is 3. The SMILES string of the molecule is OC1CCN(c2cc(C(F)(F)F)nc(-c3cnco3)n2)C1. The predicted molar refractivity (Wildman–Crippen MR) is 65.4 cm³/mol. The zero-order valence-electron chi connectivity index (χ0n) is 10.7. The molecule has 1 fully saturated rings. The molecule has 0 radical (unpaired) electrons. The molecule has 9 heteroatoms. The predicted octanol–water partition coefficient (Wildman–Crippen LogP) is 1.72. The van der Waals surface area contributed by atoms with Crippen molar-refractivity contribution in [3.05, 3.63) is 24.4 Å². The third-order valence-electron chi connectivity index (χ3n) is 3.14. The monoisotopic (exact) mass is 300 g/mol. The number of halogens is 3. The standard InChI is InChI=1S/C12H11F3N4O2/c13-12(14,15)9-3-10(19-2-1-7(20)5-19)18-11(17-9)8-4-16-6-21-8/h3-4,6-7,20H,1-2,5H2. The Morgan fingerprint density at radius 2 is 2.14 bits per heavy atom. The van der Waals surface area contributed by atoms with E-state index >= 15 is 0 Å². The summed E-state index contributed by atoms with van der Waals surface area (Å²) in [5.41, 5.74) is -1.06. The summed E-state index contributed by atoms with van der Waals surface area (Å²) in [6.45, 7) is 0.676. The summed E-state index contributed by atoms with van der Waals surface area (Å²) in [6.07, 6.45) is -2.33. The van der Waals surface area contributed by atoms with Gasteiger partial charge in [-0.25, -0.2) is 15.0 Å². The fourth-order valence-electron chi connectivity index (χ4n) is 2.13. The van der Waals surface area contributed by atoms with Crippen LogP contribution in [0, 0.1) is 0 Å². The average molecular weight is 300 g/mol. The van der Waals surface area contributed by atoms with Crippen LogP contribution in [-0.2, 0) is 6.18 Å². The molecule has 0 aromatic carbocycles. The van der Waals surface area contributed by atoms with Gasteiger partial charge in [0, 0.05) is 19.2 Å². The van der Waals surface area contributed by atoms with E-state index in [1.165, 1.54) is 6.20 Å². The highest BCUT2D eigenvalue weighted by Crippen LogP contribution is 2.32. The lowest BCUT2D eigenvalue weighted by Gasteiger charge is -2.18. The Kier molecular flexibility index (Phi) is 3.28. The number of hydrogen-bond donors (Lipinski definition) is 1. The summed E-state index contributed by atoms with van der Waals surface area (Å²) in [5, 5.41) is 9.51. The molecule has 3 rings (SSSR count). The van der Waals surface area contributed by atoms with E-state index in [1.807, 2.05) is 0 Å². The van der Waals surface area contributed by atoms with Crippen LogP contribution in [-0.4, -0.2) is 39.3 Å². The first-order valence-corrected chi connectivity index (χ1v) is 6.21. The van der Waals surface area contributed by atoms with Gasteiger partial charge in [0.25, 0.3) is 0 Å². The Labute approximate surface area is 117 Å². The minimum Gasteiger partial charge on any atom is -0.440 e. The zero-order chi connectivity index (χ0) is 15.0. The molecule has 3 heterocycles. The molecule has 112 valence electrons. The number of hydrogen-bond acceptors (Lipinski definition) is 6. The van der Waals surface area contributed by atoms with Gasteiger partial charge < -0.3 is 14.4 Å². The molecule has 2 aromatic rings. The van der Waals surface area contributed by atoms with E-state index in [0.717, 1.165) is 12.5 Å². The first-order chi connectivity index (χ1) is 9.93. The molecule has 2 aromatic heterocycles. The van der Waals surface area contributed by atoms with Crippen molar-refractivity contribution in [1.82, 2.24) is 15.0 Å². The second-order valence-corrected chi connectivity index (χ2v) is 4.69. The number of aliphatic hydroxyl groups excluding tert-OH is 1. The van der Waals surface area contributed by atoms with Crippen LogP contribution in [0.25, 0.3) is 11.6 Å². The van der Waals surface area contributed by atoms with Crippen LogP contribution in [0.3, 0.4) is 0 Å². The fourth-order valence-corrected chi connectivity index (χ4v) is 2.13. The largest absolute Gasteiger partial charge is 0.440 e. The lowest BCUT2D eigenvalue weighted by molar-refractivity contribution is -0.141. The Morgan fingerprint density at radius 3 is 2.71 bits per heavy atom. The van der Waals surface area contributed by atoms with Crippen LogP contribution >= 0.6 is 0 Å². The Bertz CT molecular complexity index is 630. The lowest BCUT2D eigenvalue weighted by Crippen LogP contribution is -2.23. The smallest absolute Gasteiger partial charge is 0.433 e. The van der Waals surface area contributed by atoms with Gasteiger partial charge in [0.1, 0.15) is 5.82 Å². The van der Waals surface area contributed by atoms with Crippen molar-refractivity contribution < 1.29 is 22.7 Å². The van der Waals surface area contributed by atoms with Crippen molar-refractivity contribution in [3.63, 3.8) is 0 Å². The van der Waals surface area contributed by atoms with Gasteiger partial charge in [-0.3, -0.25) is 0 Å². The summed E-state index contributed by atoms with van der Waals surface area (Å²) in [7, 11) is 0. The summed E-state index contributed by atoms with van der Waals surface area (Å²) in [5.74, 6) is -0.0129. The highest BCUT2D eigenvalue weighted by atomic mass is 19.4. The van der Waals surface area contributed by atoms with E-state index in [2.05, 4.69) is 15.0 Å². The van der Waals surface area contributed by atoms with Gasteiger partial charge in [-0.2, -0.15) is 13.2 Å². The highest BCUT2D eigenvalue weighted by Gasteiger charge is 2.35. The second kappa shape index (κ2) is 4.99. The number of rotatable bonds is 2. The van der Waals surface area contributed by atoms with Crippen LogP contribution < -0.4 is 4.90 Å². The van der Waals surface area contributed by atoms with Gasteiger partial charge in [-0.15, -0.1) is 0 Å². The van der Waals surface area contributed by atoms with Gasteiger partial charge in [0.05, 0.1) is 12.3 Å². The van der Waals surface area contributed by atoms with Crippen LogP contribution in [0.2, 0.25) is 0 Å². The van der Waals surface area contributed by atoms with Crippen molar-refractivity contribution in [1.29, 1.82) is 0 Å². The third kappa shape index (κ3) is 2.82. The normalized spacial score (nSPS) is 19.2. The van der Waals surface area contributed by atoms with Crippen molar-refractivity contribution in [2.75, 3.05) is 18.0 Å². The van der Waals surface area contributed by atoms with E-state index in [0.29, 0.717) is 13.0 Å². The molecule has 6 nitrogen and oxygen atoms in total. The van der Waals surface area contributed by atoms with E-state index in [-0.39, 0.29) is 23.9 Å². The van der Waals surface area contributed by atoms with Gasteiger partial charge in [-0.05, 0) is 6.42 Å². The van der Waals surface area contributed by atoms with Gasteiger partial charge in [-0.1, -0.05) is 0 Å². The molecule has 0 bridgehead atoms. The highest BCUT2D eigenvalue weighted by molar-refractivity contribution is 5.52. The van der Waals surface area contributed by atoms with Crippen molar-refractivity contribution >= 4 is 5.82 Å². The van der Waals surface area contributed by atoms with Crippen molar-refractivity contribution in [3.8, 4) is 11.6 Å². The van der Waals surface area contributed by atoms with E-state index in [4.69, 9.17) is 4.42 Å². The number of aliphatic hydroxyl groups is 1. The maximum absolute atomic E-state index is 12.9. The molecule has 0 aliphatic carbocycles. The molecular weight excluding hydrogens is 289 g/mol. The molecule has 0 amide bonds. The number of nitrogens with zero attached hydrogens (tertiary/aromatic N) is 4. The minimum absolute atomic E-state index is 0.0575. The number of alkyl halides is 3. The van der Waals surface area contributed by atoms with Gasteiger partial charge in [0.2, 0.25) is 0 Å². The Balaban J connectivity index is 2.05. The van der Waals surface area contributed by atoms with Crippen molar-refractivity contribution in [2.45, 2.75) is 18.7 Å². The first-order valence-electron chi connectivity index (χ1n) is 6.21. The molecule has 1 unspecified atom stereocenters. The third-order valence-corrected chi connectivity index (χ3v) is 3.14. The van der Waals surface area contributed by atoms with Gasteiger partial charge >= 0.3 is 6.18 Å². The quantitative estimate of drug-likeness (QED) is 0.910. The van der Waals surface area contributed by atoms with Crippen LogP contribution in [0.5, 0.6) is 0 Å². The average Bonchev–Trinajstić information content (AvgIpc) is 3.08. The molecule has 21 heavy (non-hydrogen) atoms. The van der Waals surface area contributed by atoms with E-state index < -0.39 is 18.0 Å². The van der Waals surface area contributed by atoms with Crippen LogP contribution in [0.15, 0.2) is 23.1 Å². The van der Waals surface area contributed by atoms with Crippen molar-refractivity contribution in [2.24, 2.45) is 0 Å². The number of anilines is 1. The van der Waals surface area contributed by atoms with Crippen LogP contribution in [0.4, 0.5) is 19.0 Å². The molecule has 1 aliphatic rings. The maximum Gasteiger partial charge on any atom is 0.433 e. The second-order valence-electron chi connectivity index (χ2n) is 4.69. The maximum atomic E-state index is 12.9. The molecule has 1 atom stereocenters. The zero-order valence-corrected chi connectivity index (χ0v) is 10.7. The fraction of sp³-hybridized carbons (Fsp3) is 0.417. The molecule has 0 spiro atoms. The Morgan fingerprint density at radius 1 is 1.33 bits per heavy atom. The summed E-state index contributed by atoms with van der Waals surface area (Å²) in [6, 6.07) is 0.873. The summed E-state index contributed by atoms with van der Waals surface area (Å²) < 4.78 is 43.8. The van der Waals surface area contributed by atoms with Crippen LogP contribution in [0.1, 0.15) is 12.1 Å². The number of oxazole rings is 1. The molecule has 0 saturated carbocycles. The summed E-state index contributed by atoms with van der Waals surface area (Å²) in [4.78, 5) is 12.8. The molecule has 1 N–H and O–H groups in total. The Hall–Kier alpha value is -2.16. The van der Waals surface area contributed by atoms with E-state index in [9.17, 15) is 18.3 Å². The molecule has 1 aliphatic heterocycles.